The van der Waals surface area contributed by atoms with Crippen LogP contribution in [0, 0.1) is 11.8 Å². The first-order valence-corrected chi connectivity index (χ1v) is 11.8. The lowest BCUT2D eigenvalue weighted by Crippen LogP contribution is -2.42. The van der Waals surface area contributed by atoms with Crippen LogP contribution in [-0.4, -0.2) is 40.7 Å². The summed E-state index contributed by atoms with van der Waals surface area (Å²) in [5.74, 6) is -1.42. The van der Waals surface area contributed by atoms with Crippen molar-refractivity contribution in [2.45, 2.75) is 31.6 Å². The number of rotatable bonds is 6. The number of likely N-dealkylation sites (tertiary alicyclic amines) is 1. The Bertz CT molecular complexity index is 1200. The van der Waals surface area contributed by atoms with Gasteiger partial charge in [-0.2, -0.15) is 0 Å². The molecule has 1 saturated carbocycles. The molecule has 0 spiro atoms. The fourth-order valence-corrected chi connectivity index (χ4v) is 5.60. The molecule has 2 aromatic carbocycles. The SMILES string of the molecule is O=C(CN1C(=O)[C@H]2CCCC[C@H]2C1=O)NC[C@@H](c1ccccc1Cl)c1c[nH]c2ccccc12. The summed E-state index contributed by atoms with van der Waals surface area (Å²) in [4.78, 5) is 42.8. The Labute approximate surface area is 197 Å². The molecule has 2 N–H and O–H groups in total. The van der Waals surface area contributed by atoms with Crippen LogP contribution in [0.25, 0.3) is 10.9 Å². The third-order valence-corrected chi connectivity index (χ3v) is 7.36. The van der Waals surface area contributed by atoms with Crippen molar-refractivity contribution in [1.82, 2.24) is 15.2 Å². The number of carbonyl (C=O) groups is 3. The van der Waals surface area contributed by atoms with Gasteiger partial charge in [0.25, 0.3) is 0 Å². The lowest BCUT2D eigenvalue weighted by molar-refractivity contribution is -0.143. The zero-order chi connectivity index (χ0) is 22.9. The zero-order valence-corrected chi connectivity index (χ0v) is 19.0. The molecular formula is C26H26ClN3O3. The number of para-hydroxylation sites is 1. The van der Waals surface area contributed by atoms with E-state index in [0.29, 0.717) is 11.6 Å². The average molecular weight is 464 g/mol. The Morgan fingerprint density at radius 2 is 1.67 bits per heavy atom. The minimum absolute atomic E-state index is 0.189. The Hall–Kier alpha value is -3.12. The largest absolute Gasteiger partial charge is 0.361 e. The van der Waals surface area contributed by atoms with E-state index in [4.69, 9.17) is 11.6 Å². The topological polar surface area (TPSA) is 82.3 Å². The Balaban J connectivity index is 1.35. The molecule has 2 aliphatic rings. The van der Waals surface area contributed by atoms with Crippen molar-refractivity contribution in [2.24, 2.45) is 11.8 Å². The number of aromatic amines is 1. The number of carbonyl (C=O) groups excluding carboxylic acids is 3. The molecule has 3 amide bonds. The summed E-state index contributed by atoms with van der Waals surface area (Å²) in [7, 11) is 0. The van der Waals surface area contributed by atoms with Crippen molar-refractivity contribution < 1.29 is 14.4 Å². The van der Waals surface area contributed by atoms with Crippen molar-refractivity contribution in [3.63, 3.8) is 0 Å². The minimum atomic E-state index is -0.341. The quantitative estimate of drug-likeness (QED) is 0.536. The van der Waals surface area contributed by atoms with Crippen molar-refractivity contribution >= 4 is 40.2 Å². The fraction of sp³-hybridized carbons (Fsp3) is 0.346. The van der Waals surface area contributed by atoms with E-state index in [1.807, 2.05) is 54.7 Å². The summed E-state index contributed by atoms with van der Waals surface area (Å²) < 4.78 is 0. The predicted octanol–water partition coefficient (Wildman–Crippen LogP) is 4.24. The van der Waals surface area contributed by atoms with Crippen LogP contribution < -0.4 is 5.32 Å². The van der Waals surface area contributed by atoms with E-state index in [0.717, 1.165) is 52.6 Å². The van der Waals surface area contributed by atoms with E-state index in [-0.39, 0.29) is 42.0 Å². The van der Waals surface area contributed by atoms with E-state index in [9.17, 15) is 14.4 Å². The summed E-state index contributed by atoms with van der Waals surface area (Å²) >= 11 is 6.53. The highest BCUT2D eigenvalue weighted by atomic mass is 35.5. The van der Waals surface area contributed by atoms with Crippen molar-refractivity contribution in [2.75, 3.05) is 13.1 Å². The number of halogens is 1. The number of nitrogens with one attached hydrogen (secondary N) is 2. The van der Waals surface area contributed by atoms with Crippen LogP contribution in [0.5, 0.6) is 0 Å². The van der Waals surface area contributed by atoms with Crippen LogP contribution in [0.2, 0.25) is 5.02 Å². The number of H-pyrrole nitrogens is 1. The smallest absolute Gasteiger partial charge is 0.240 e. The van der Waals surface area contributed by atoms with E-state index in [2.05, 4.69) is 10.3 Å². The van der Waals surface area contributed by atoms with Crippen LogP contribution >= 0.6 is 11.6 Å². The maximum atomic E-state index is 12.9. The van der Waals surface area contributed by atoms with Gasteiger partial charge in [0.2, 0.25) is 17.7 Å². The summed E-state index contributed by atoms with van der Waals surface area (Å²) in [6.07, 6.45) is 5.35. The monoisotopic (exact) mass is 463 g/mol. The molecule has 1 aromatic heterocycles. The molecular weight excluding hydrogens is 438 g/mol. The third kappa shape index (κ3) is 4.04. The first-order chi connectivity index (χ1) is 16.0. The van der Waals surface area contributed by atoms with Gasteiger partial charge in [-0.1, -0.05) is 60.8 Å². The number of imide groups is 1. The molecule has 1 aliphatic heterocycles. The molecule has 33 heavy (non-hydrogen) atoms. The van der Waals surface area contributed by atoms with Gasteiger partial charge < -0.3 is 10.3 Å². The Morgan fingerprint density at radius 3 is 2.39 bits per heavy atom. The lowest BCUT2D eigenvalue weighted by atomic mass is 9.81. The van der Waals surface area contributed by atoms with Gasteiger partial charge in [-0.15, -0.1) is 0 Å². The third-order valence-electron chi connectivity index (χ3n) is 7.01. The molecule has 2 fully saturated rings. The molecule has 3 atom stereocenters. The first-order valence-electron chi connectivity index (χ1n) is 11.5. The van der Waals surface area contributed by atoms with E-state index in [1.54, 1.807) is 0 Å². The van der Waals surface area contributed by atoms with Crippen molar-refractivity contribution in [3.05, 3.63) is 70.9 Å². The summed E-state index contributed by atoms with van der Waals surface area (Å²) in [6, 6.07) is 15.6. The number of benzene rings is 2. The minimum Gasteiger partial charge on any atom is -0.361 e. The zero-order valence-electron chi connectivity index (χ0n) is 18.2. The maximum Gasteiger partial charge on any atom is 0.240 e. The van der Waals surface area contributed by atoms with Crippen LogP contribution in [0.3, 0.4) is 0 Å². The van der Waals surface area contributed by atoms with Gasteiger partial charge in [-0.3, -0.25) is 19.3 Å². The summed E-state index contributed by atoms with van der Waals surface area (Å²) in [5.41, 5.74) is 2.94. The average Bonchev–Trinajstić information content (AvgIpc) is 3.36. The van der Waals surface area contributed by atoms with Gasteiger partial charge in [0.15, 0.2) is 0 Å². The second-order valence-electron chi connectivity index (χ2n) is 8.93. The Morgan fingerprint density at radius 1 is 1.00 bits per heavy atom. The molecule has 1 saturated heterocycles. The van der Waals surface area contributed by atoms with E-state index >= 15 is 0 Å². The van der Waals surface area contributed by atoms with Gasteiger partial charge in [0.05, 0.1) is 11.8 Å². The van der Waals surface area contributed by atoms with Crippen molar-refractivity contribution in [1.29, 1.82) is 0 Å². The second kappa shape index (κ2) is 9.02. The molecule has 7 heteroatoms. The van der Waals surface area contributed by atoms with Crippen molar-refractivity contribution in [3.8, 4) is 0 Å². The summed E-state index contributed by atoms with van der Waals surface area (Å²) in [5, 5.41) is 4.64. The van der Waals surface area contributed by atoms with Crippen LogP contribution in [-0.2, 0) is 14.4 Å². The number of nitrogens with zero attached hydrogens (tertiary/aromatic N) is 1. The highest BCUT2D eigenvalue weighted by Crippen LogP contribution is 2.38. The van der Waals surface area contributed by atoms with Gasteiger partial charge in [-0.25, -0.2) is 0 Å². The van der Waals surface area contributed by atoms with Crippen LogP contribution in [0.1, 0.15) is 42.7 Å². The van der Waals surface area contributed by atoms with Gasteiger partial charge in [0, 0.05) is 34.6 Å². The highest BCUT2D eigenvalue weighted by Gasteiger charge is 2.48. The summed E-state index contributed by atoms with van der Waals surface area (Å²) in [6.45, 7) is 0.0707. The molecule has 5 rings (SSSR count). The van der Waals surface area contributed by atoms with Gasteiger partial charge in [-0.05, 0) is 36.1 Å². The number of hydrogen-bond acceptors (Lipinski definition) is 3. The number of amides is 3. The number of hydrogen-bond donors (Lipinski definition) is 2. The van der Waals surface area contributed by atoms with E-state index < -0.39 is 0 Å². The molecule has 0 radical (unpaired) electrons. The fourth-order valence-electron chi connectivity index (χ4n) is 5.33. The number of fused-ring (bicyclic) bond motifs is 2. The molecule has 3 aromatic rings. The van der Waals surface area contributed by atoms with Gasteiger partial charge in [0.1, 0.15) is 6.54 Å². The highest BCUT2D eigenvalue weighted by molar-refractivity contribution is 6.31. The molecule has 0 unspecified atom stereocenters. The number of aromatic nitrogens is 1. The molecule has 2 heterocycles. The second-order valence-corrected chi connectivity index (χ2v) is 9.34. The molecule has 1 aliphatic carbocycles. The molecule has 170 valence electrons. The maximum absolute atomic E-state index is 12.9. The standard InChI is InChI=1S/C26H26ClN3O3/c27-22-11-5-3-7-16(22)20(21-13-28-23-12-6-4-8-17(21)23)14-29-24(31)15-30-25(32)18-9-1-2-10-19(18)26(30)33/h3-8,11-13,18-20,28H,1-2,9-10,14-15H2,(H,29,31)/t18-,19+,20-/m0/s1. The van der Waals surface area contributed by atoms with E-state index in [1.165, 1.54) is 0 Å². The lowest BCUT2D eigenvalue weighted by Gasteiger charge is -2.20. The molecule has 0 bridgehead atoms. The van der Waals surface area contributed by atoms with Crippen LogP contribution in [0.4, 0.5) is 0 Å². The normalized spacial score (nSPS) is 21.3. The first kappa shape index (κ1) is 21.7. The molecule has 6 nitrogen and oxygen atoms in total. The van der Waals surface area contributed by atoms with Gasteiger partial charge >= 0.3 is 0 Å². The predicted molar refractivity (Wildman–Crippen MR) is 127 cm³/mol. The Kier molecular flexibility index (Phi) is 5.94. The van der Waals surface area contributed by atoms with Crippen LogP contribution in [0.15, 0.2) is 54.7 Å².